The Hall–Kier alpha value is -2.44. The van der Waals surface area contributed by atoms with Gasteiger partial charge >= 0.3 is 0 Å². The highest BCUT2D eigenvalue weighted by Crippen LogP contribution is 2.29. The summed E-state index contributed by atoms with van der Waals surface area (Å²) in [5.74, 6) is -1.93. The molecule has 5 nitrogen and oxygen atoms in total. The minimum absolute atomic E-state index is 0.0161. The fraction of sp³-hybridized carbons (Fsp3) is 0.375. The third kappa shape index (κ3) is 3.67. The Bertz CT molecular complexity index is 676. The molecule has 0 spiro atoms. The lowest BCUT2D eigenvalue weighted by molar-refractivity contribution is -0.124. The standard InChI is InChI=1S/C16H17F2N3O2/c17-11-4-5-12(18)15(8-11)23-9-16(22)20-13-2-1-3-14(13)21-7-6-19-10-21/h4-8,10,13-14H,1-3,9H2,(H,20,22)/t13-,14+/m0/s1. The maximum atomic E-state index is 13.4. The number of imidazole rings is 1. The van der Waals surface area contributed by atoms with Crippen LogP contribution in [0.5, 0.6) is 5.75 Å². The summed E-state index contributed by atoms with van der Waals surface area (Å²) in [6.45, 7) is -0.354. The molecule has 2 aromatic rings. The Morgan fingerprint density at radius 2 is 2.26 bits per heavy atom. The van der Waals surface area contributed by atoms with Crippen molar-refractivity contribution in [3.8, 4) is 5.75 Å². The topological polar surface area (TPSA) is 56.1 Å². The predicted molar refractivity (Wildman–Crippen MR) is 78.9 cm³/mol. The fourth-order valence-electron chi connectivity index (χ4n) is 2.91. The summed E-state index contributed by atoms with van der Waals surface area (Å²) in [6.07, 6.45) is 8.13. The van der Waals surface area contributed by atoms with Crippen molar-refractivity contribution in [1.82, 2.24) is 14.9 Å². The number of aromatic nitrogens is 2. The van der Waals surface area contributed by atoms with Crippen LogP contribution in [0.2, 0.25) is 0 Å². The lowest BCUT2D eigenvalue weighted by atomic mass is 10.1. The minimum Gasteiger partial charge on any atom is -0.481 e. The average Bonchev–Trinajstić information content (AvgIpc) is 3.19. The van der Waals surface area contributed by atoms with Crippen molar-refractivity contribution in [2.75, 3.05) is 6.61 Å². The van der Waals surface area contributed by atoms with Gasteiger partial charge in [-0.25, -0.2) is 13.8 Å². The molecule has 3 rings (SSSR count). The molecule has 1 saturated carbocycles. The molecule has 2 atom stereocenters. The molecule has 1 amide bonds. The maximum absolute atomic E-state index is 13.4. The van der Waals surface area contributed by atoms with E-state index in [0.29, 0.717) is 0 Å². The van der Waals surface area contributed by atoms with Crippen LogP contribution in [0.1, 0.15) is 25.3 Å². The molecule has 1 aliphatic rings. The van der Waals surface area contributed by atoms with E-state index in [4.69, 9.17) is 4.74 Å². The van der Waals surface area contributed by atoms with Crippen LogP contribution in [0.4, 0.5) is 8.78 Å². The average molecular weight is 321 g/mol. The Labute approximate surface area is 132 Å². The van der Waals surface area contributed by atoms with Crippen molar-refractivity contribution in [3.63, 3.8) is 0 Å². The van der Waals surface area contributed by atoms with Crippen LogP contribution < -0.4 is 10.1 Å². The van der Waals surface area contributed by atoms with E-state index in [2.05, 4.69) is 10.3 Å². The van der Waals surface area contributed by atoms with Crippen LogP contribution in [-0.4, -0.2) is 28.1 Å². The number of nitrogens with zero attached hydrogens (tertiary/aromatic N) is 2. The second-order valence-electron chi connectivity index (χ2n) is 5.55. The Morgan fingerprint density at radius 3 is 3.04 bits per heavy atom. The van der Waals surface area contributed by atoms with Gasteiger partial charge in [-0.15, -0.1) is 0 Å². The monoisotopic (exact) mass is 321 g/mol. The van der Waals surface area contributed by atoms with Gasteiger partial charge < -0.3 is 14.6 Å². The van der Waals surface area contributed by atoms with Crippen molar-refractivity contribution in [1.29, 1.82) is 0 Å². The first-order valence-corrected chi connectivity index (χ1v) is 7.48. The molecule has 122 valence electrons. The normalized spacial score (nSPS) is 20.4. The molecule has 1 aliphatic carbocycles. The summed E-state index contributed by atoms with van der Waals surface area (Å²) in [4.78, 5) is 16.0. The van der Waals surface area contributed by atoms with Gasteiger partial charge in [0.05, 0.1) is 12.4 Å². The molecule has 0 unspecified atom stereocenters. The number of carbonyl (C=O) groups excluding carboxylic acids is 1. The highest BCUT2D eigenvalue weighted by molar-refractivity contribution is 5.78. The number of amides is 1. The molecule has 1 fully saturated rings. The quantitative estimate of drug-likeness (QED) is 0.920. The van der Waals surface area contributed by atoms with Gasteiger partial charge in [-0.2, -0.15) is 0 Å². The number of rotatable bonds is 5. The highest BCUT2D eigenvalue weighted by atomic mass is 19.1. The number of nitrogens with one attached hydrogen (secondary N) is 1. The summed E-state index contributed by atoms with van der Waals surface area (Å²) in [5.41, 5.74) is 0. The molecule has 1 aromatic heterocycles. The Morgan fingerprint density at radius 1 is 1.39 bits per heavy atom. The van der Waals surface area contributed by atoms with E-state index in [9.17, 15) is 13.6 Å². The van der Waals surface area contributed by atoms with E-state index >= 15 is 0 Å². The molecule has 0 radical (unpaired) electrons. The minimum atomic E-state index is -0.698. The lowest BCUT2D eigenvalue weighted by Gasteiger charge is -2.22. The van der Waals surface area contributed by atoms with Crippen molar-refractivity contribution in [2.45, 2.75) is 31.3 Å². The van der Waals surface area contributed by atoms with Gasteiger partial charge in [-0.1, -0.05) is 0 Å². The van der Waals surface area contributed by atoms with E-state index in [1.807, 2.05) is 10.8 Å². The molecule has 1 heterocycles. The highest BCUT2D eigenvalue weighted by Gasteiger charge is 2.29. The van der Waals surface area contributed by atoms with Gasteiger partial charge in [-0.3, -0.25) is 4.79 Å². The molecular formula is C16H17F2N3O2. The van der Waals surface area contributed by atoms with Gasteiger partial charge in [0.1, 0.15) is 5.82 Å². The number of hydrogen-bond donors (Lipinski definition) is 1. The largest absolute Gasteiger partial charge is 0.481 e. The van der Waals surface area contributed by atoms with Crippen LogP contribution >= 0.6 is 0 Å². The number of carbonyl (C=O) groups is 1. The van der Waals surface area contributed by atoms with Gasteiger partial charge in [0.2, 0.25) is 0 Å². The van der Waals surface area contributed by atoms with Crippen molar-refractivity contribution in [3.05, 3.63) is 48.6 Å². The van der Waals surface area contributed by atoms with Crippen LogP contribution in [0.25, 0.3) is 0 Å². The molecule has 1 N–H and O–H groups in total. The first-order valence-electron chi connectivity index (χ1n) is 7.48. The van der Waals surface area contributed by atoms with Crippen LogP contribution in [0.3, 0.4) is 0 Å². The summed E-state index contributed by atoms with van der Waals surface area (Å²) in [5, 5.41) is 2.89. The third-order valence-electron chi connectivity index (χ3n) is 3.99. The molecule has 0 aliphatic heterocycles. The predicted octanol–water partition coefficient (Wildman–Crippen LogP) is 2.45. The molecule has 23 heavy (non-hydrogen) atoms. The Balaban J connectivity index is 1.56. The summed E-state index contributed by atoms with van der Waals surface area (Å²) in [7, 11) is 0. The molecule has 0 bridgehead atoms. The summed E-state index contributed by atoms with van der Waals surface area (Å²) in [6, 6.07) is 3.03. The zero-order valence-electron chi connectivity index (χ0n) is 12.4. The van der Waals surface area contributed by atoms with Gasteiger partial charge in [0.25, 0.3) is 5.91 Å². The van der Waals surface area contributed by atoms with Crippen molar-refractivity contribution >= 4 is 5.91 Å². The Kier molecular flexibility index (Phi) is 4.55. The van der Waals surface area contributed by atoms with Crippen molar-refractivity contribution < 1.29 is 18.3 Å². The van der Waals surface area contributed by atoms with Crippen LogP contribution in [0.15, 0.2) is 36.9 Å². The molecule has 0 saturated heterocycles. The van der Waals surface area contributed by atoms with E-state index < -0.39 is 11.6 Å². The second-order valence-corrected chi connectivity index (χ2v) is 5.55. The van der Waals surface area contributed by atoms with E-state index in [1.165, 1.54) is 0 Å². The molecule has 7 heteroatoms. The van der Waals surface area contributed by atoms with Gasteiger partial charge in [-0.05, 0) is 31.4 Å². The molecular weight excluding hydrogens is 304 g/mol. The summed E-state index contributed by atoms with van der Waals surface area (Å²) >= 11 is 0. The van der Waals surface area contributed by atoms with E-state index in [-0.39, 0.29) is 30.3 Å². The SMILES string of the molecule is O=C(COc1cc(F)ccc1F)N[C@H]1CCC[C@H]1n1ccnc1. The van der Waals surface area contributed by atoms with Gasteiger partial charge in [0.15, 0.2) is 18.2 Å². The van der Waals surface area contributed by atoms with E-state index in [1.54, 1.807) is 12.5 Å². The fourth-order valence-corrected chi connectivity index (χ4v) is 2.91. The zero-order valence-corrected chi connectivity index (χ0v) is 12.4. The zero-order chi connectivity index (χ0) is 16.2. The first-order chi connectivity index (χ1) is 11.1. The number of hydrogen-bond acceptors (Lipinski definition) is 3. The summed E-state index contributed by atoms with van der Waals surface area (Å²) < 4.78 is 33.5. The van der Waals surface area contributed by atoms with Gasteiger partial charge in [0, 0.05) is 24.5 Å². The second kappa shape index (κ2) is 6.76. The number of halogens is 2. The smallest absolute Gasteiger partial charge is 0.258 e. The van der Waals surface area contributed by atoms with Crippen LogP contribution in [-0.2, 0) is 4.79 Å². The van der Waals surface area contributed by atoms with Crippen LogP contribution in [0, 0.1) is 11.6 Å². The number of benzene rings is 1. The lowest BCUT2D eigenvalue weighted by Crippen LogP contribution is -2.40. The van der Waals surface area contributed by atoms with E-state index in [0.717, 1.165) is 37.5 Å². The third-order valence-corrected chi connectivity index (χ3v) is 3.99. The first kappa shape index (κ1) is 15.5. The number of ether oxygens (including phenoxy) is 1. The van der Waals surface area contributed by atoms with Crippen molar-refractivity contribution in [2.24, 2.45) is 0 Å². The maximum Gasteiger partial charge on any atom is 0.258 e. The molecule has 1 aromatic carbocycles.